The third-order valence-corrected chi connectivity index (χ3v) is 2.18. The van der Waals surface area contributed by atoms with Gasteiger partial charge < -0.3 is 19.3 Å². The molecule has 15 heavy (non-hydrogen) atoms. The lowest BCUT2D eigenvalue weighted by molar-refractivity contribution is -0.225. The molecule has 1 unspecified atom stereocenters. The minimum Gasteiger partial charge on any atom is -0.756 e. The van der Waals surface area contributed by atoms with E-state index < -0.39 is 7.82 Å². The Kier molecular flexibility index (Phi) is 10.0. The third-order valence-electron chi connectivity index (χ3n) is 1.18. The number of phosphoric ester groups is 1. The smallest absolute Gasteiger partial charge is 0.267 e. The van der Waals surface area contributed by atoms with Crippen molar-refractivity contribution >= 4 is 13.7 Å². The van der Waals surface area contributed by atoms with Crippen LogP contribution in [0.15, 0.2) is 0 Å². The highest BCUT2D eigenvalue weighted by atomic mass is 31.2. The van der Waals surface area contributed by atoms with Crippen LogP contribution in [-0.2, 0) is 18.4 Å². The van der Waals surface area contributed by atoms with Crippen LogP contribution in [0.5, 0.6) is 0 Å². The molecule has 1 N–H and O–H groups in total. The summed E-state index contributed by atoms with van der Waals surface area (Å²) in [4.78, 5) is 21.3. The van der Waals surface area contributed by atoms with Crippen molar-refractivity contribution in [3.8, 4) is 0 Å². The van der Waals surface area contributed by atoms with Crippen LogP contribution in [0.4, 0.5) is 0 Å². The molecule has 0 rings (SSSR count). The van der Waals surface area contributed by atoms with E-state index in [4.69, 9.17) is 0 Å². The van der Waals surface area contributed by atoms with Gasteiger partial charge >= 0.3 is 0 Å². The minimum absolute atomic E-state index is 0. The number of amides is 1. The molecule has 0 aliphatic heterocycles. The number of hydrogen-bond acceptors (Lipinski definition) is 5. The van der Waals surface area contributed by atoms with Crippen LogP contribution in [-0.4, -0.2) is 25.7 Å². The summed E-state index contributed by atoms with van der Waals surface area (Å²) in [6, 6.07) is 0. The number of phosphoric acid groups is 1. The predicted octanol–water partition coefficient (Wildman–Crippen LogP) is 0.670. The van der Waals surface area contributed by atoms with Gasteiger partial charge in [-0.2, -0.15) is 0 Å². The van der Waals surface area contributed by atoms with E-state index in [0.29, 0.717) is 6.42 Å². The zero-order valence-electron chi connectivity index (χ0n) is 8.32. The summed E-state index contributed by atoms with van der Waals surface area (Å²) in [6.07, 6.45) is 0.598. The number of carbonyl (C=O) groups excluding carboxylic acids is 1. The molecule has 0 saturated carbocycles. The van der Waals surface area contributed by atoms with Crippen LogP contribution in [0.2, 0.25) is 0 Å². The fourth-order valence-corrected chi connectivity index (χ4v) is 1.42. The Morgan fingerprint density at radius 3 is 2.40 bits per heavy atom. The second-order valence-electron chi connectivity index (χ2n) is 2.60. The molecule has 92 valence electrons. The van der Waals surface area contributed by atoms with E-state index in [1.807, 2.05) is 0 Å². The summed E-state index contributed by atoms with van der Waals surface area (Å²) in [5.41, 5.74) is 0. The minimum atomic E-state index is -4.17. The quantitative estimate of drug-likeness (QED) is 0.522. The molecule has 0 fully saturated rings. The first-order valence-electron chi connectivity index (χ1n) is 4.32. The maximum Gasteiger partial charge on any atom is 0.267 e. The Morgan fingerprint density at radius 2 is 1.93 bits per heavy atom. The van der Waals surface area contributed by atoms with Crippen molar-refractivity contribution in [2.24, 2.45) is 0 Å². The van der Waals surface area contributed by atoms with Crippen molar-refractivity contribution in [3.63, 3.8) is 0 Å². The standard InChI is InChI=1S/C7H16NO5P.CH4/c1-3-5-12-14(10,11)13-6-4-8-7(2)9;/h3-6H2,1-2H3,(H,8,9)(H,10,11);1H4/p-1. The van der Waals surface area contributed by atoms with E-state index in [1.165, 1.54) is 6.92 Å². The number of rotatable bonds is 7. The van der Waals surface area contributed by atoms with Crippen LogP contribution >= 0.6 is 7.82 Å². The molecule has 0 aliphatic rings. The van der Waals surface area contributed by atoms with Crippen molar-refractivity contribution in [2.45, 2.75) is 27.7 Å². The first kappa shape index (κ1) is 17.0. The average molecular weight is 240 g/mol. The lowest BCUT2D eigenvalue weighted by Gasteiger charge is -2.22. The molecule has 0 saturated heterocycles. The molecule has 1 amide bonds. The van der Waals surface area contributed by atoms with Crippen LogP contribution < -0.4 is 10.2 Å². The monoisotopic (exact) mass is 240 g/mol. The zero-order chi connectivity index (χ0) is 11.0. The third kappa shape index (κ3) is 11.5. The van der Waals surface area contributed by atoms with Crippen molar-refractivity contribution in [1.29, 1.82) is 0 Å². The molecule has 6 nitrogen and oxygen atoms in total. The Balaban J connectivity index is 0. The summed E-state index contributed by atoms with van der Waals surface area (Å²) in [7, 11) is -4.17. The molecule has 0 bridgehead atoms. The molecule has 0 radical (unpaired) electrons. The fourth-order valence-electron chi connectivity index (χ4n) is 0.625. The molecule has 1 atom stereocenters. The Labute approximate surface area is 90.6 Å². The molecule has 0 spiro atoms. The van der Waals surface area contributed by atoms with Gasteiger partial charge in [0.15, 0.2) is 0 Å². The number of carbonyl (C=O) groups is 1. The largest absolute Gasteiger partial charge is 0.756 e. The maximum absolute atomic E-state index is 10.9. The van der Waals surface area contributed by atoms with Gasteiger partial charge in [0, 0.05) is 13.5 Å². The molecule has 0 heterocycles. The Hall–Kier alpha value is -0.420. The van der Waals surface area contributed by atoms with E-state index in [9.17, 15) is 14.3 Å². The second kappa shape index (κ2) is 8.85. The van der Waals surface area contributed by atoms with E-state index >= 15 is 0 Å². The summed E-state index contributed by atoms with van der Waals surface area (Å²) >= 11 is 0. The first-order valence-corrected chi connectivity index (χ1v) is 5.78. The van der Waals surface area contributed by atoms with Crippen molar-refractivity contribution in [2.75, 3.05) is 19.8 Å². The highest BCUT2D eigenvalue weighted by molar-refractivity contribution is 7.45. The normalized spacial score (nSPS) is 13.8. The van der Waals surface area contributed by atoms with Gasteiger partial charge in [0.05, 0.1) is 13.2 Å². The molecule has 0 aromatic rings. The SMILES string of the molecule is C.CCCOP(=O)([O-])OCCNC(C)=O. The zero-order valence-corrected chi connectivity index (χ0v) is 9.21. The molecular weight excluding hydrogens is 221 g/mol. The van der Waals surface area contributed by atoms with Gasteiger partial charge in [0.2, 0.25) is 5.91 Å². The predicted molar refractivity (Wildman–Crippen MR) is 55.2 cm³/mol. The lowest BCUT2D eigenvalue weighted by Crippen LogP contribution is -2.25. The van der Waals surface area contributed by atoms with E-state index in [0.717, 1.165) is 0 Å². The molecule has 7 heteroatoms. The van der Waals surface area contributed by atoms with Gasteiger partial charge in [-0.1, -0.05) is 14.4 Å². The summed E-state index contributed by atoms with van der Waals surface area (Å²) in [5, 5.41) is 2.39. The van der Waals surface area contributed by atoms with Crippen LogP contribution in [0.1, 0.15) is 27.7 Å². The summed E-state index contributed by atoms with van der Waals surface area (Å²) < 4.78 is 19.8. The van der Waals surface area contributed by atoms with Crippen molar-refractivity contribution < 1.29 is 23.3 Å². The highest BCUT2D eigenvalue weighted by Crippen LogP contribution is 2.37. The van der Waals surface area contributed by atoms with Gasteiger partial charge in [0.25, 0.3) is 7.82 Å². The maximum atomic E-state index is 10.9. The van der Waals surface area contributed by atoms with Crippen LogP contribution in [0.25, 0.3) is 0 Å². The van der Waals surface area contributed by atoms with E-state index in [1.54, 1.807) is 6.92 Å². The summed E-state index contributed by atoms with van der Waals surface area (Å²) in [6.45, 7) is 3.28. The highest BCUT2D eigenvalue weighted by Gasteiger charge is 2.07. The molecular formula is C8H19NO5P-. The Morgan fingerprint density at radius 1 is 1.40 bits per heavy atom. The van der Waals surface area contributed by atoms with Crippen LogP contribution in [0.3, 0.4) is 0 Å². The fraction of sp³-hybridized carbons (Fsp3) is 0.875. The Bertz CT molecular complexity index is 221. The van der Waals surface area contributed by atoms with E-state index in [2.05, 4.69) is 14.4 Å². The van der Waals surface area contributed by atoms with Crippen molar-refractivity contribution in [1.82, 2.24) is 5.32 Å². The van der Waals surface area contributed by atoms with Gasteiger partial charge in [-0.25, -0.2) is 0 Å². The van der Waals surface area contributed by atoms with Crippen LogP contribution in [0, 0.1) is 0 Å². The average Bonchev–Trinajstić information content (AvgIpc) is 2.09. The van der Waals surface area contributed by atoms with Gasteiger partial charge in [-0.15, -0.1) is 0 Å². The number of nitrogens with one attached hydrogen (secondary N) is 1. The lowest BCUT2D eigenvalue weighted by atomic mass is 10.5. The topological polar surface area (TPSA) is 87.7 Å². The van der Waals surface area contributed by atoms with Crippen molar-refractivity contribution in [3.05, 3.63) is 0 Å². The van der Waals surface area contributed by atoms with Gasteiger partial charge in [0.1, 0.15) is 0 Å². The number of hydrogen-bond donors (Lipinski definition) is 1. The first-order chi connectivity index (χ1) is 6.48. The molecule has 0 aromatic heterocycles. The van der Waals surface area contributed by atoms with E-state index in [-0.39, 0.29) is 33.1 Å². The van der Waals surface area contributed by atoms with Gasteiger partial charge in [-0.05, 0) is 6.42 Å². The second-order valence-corrected chi connectivity index (χ2v) is 4.01. The molecule has 0 aromatic carbocycles. The molecule has 0 aliphatic carbocycles. The van der Waals surface area contributed by atoms with Gasteiger partial charge in [-0.3, -0.25) is 9.36 Å². The summed E-state index contributed by atoms with van der Waals surface area (Å²) in [5.74, 6) is -0.233.